The van der Waals surface area contributed by atoms with Crippen LogP contribution >= 0.6 is 0 Å². The Labute approximate surface area is 274 Å². The van der Waals surface area contributed by atoms with Crippen molar-refractivity contribution in [3.63, 3.8) is 0 Å². The summed E-state index contributed by atoms with van der Waals surface area (Å²) in [6, 6.07) is 0. The van der Waals surface area contributed by atoms with Gasteiger partial charge in [-0.05, 0) is 26.2 Å². The third kappa shape index (κ3) is 22.5. The van der Waals surface area contributed by atoms with Gasteiger partial charge in [0.25, 0.3) is 0 Å². The maximum Gasteiger partial charge on any atom is 0.186 e. The third-order valence-electron chi connectivity index (χ3n) is 9.10. The summed E-state index contributed by atoms with van der Waals surface area (Å²) in [4.78, 5) is 11.6. The summed E-state index contributed by atoms with van der Waals surface area (Å²) in [5, 5.41) is 58.3. The van der Waals surface area contributed by atoms with Gasteiger partial charge in [-0.15, -0.1) is 0 Å². The molecule has 1 aliphatic rings. The van der Waals surface area contributed by atoms with E-state index in [0.29, 0.717) is 25.7 Å². The van der Waals surface area contributed by atoms with Gasteiger partial charge in [-0.1, -0.05) is 128 Å². The maximum absolute atomic E-state index is 11.6. The van der Waals surface area contributed by atoms with Crippen LogP contribution < -0.4 is 0 Å². The van der Waals surface area contributed by atoms with Crippen molar-refractivity contribution in [1.29, 1.82) is 0 Å². The molecule has 1 aliphatic heterocycles. The minimum Gasteiger partial charge on any atom is -0.394 e. The Morgan fingerprint density at radius 1 is 0.622 bits per heavy atom. The summed E-state index contributed by atoms with van der Waals surface area (Å²) >= 11 is 0. The van der Waals surface area contributed by atoms with E-state index in [2.05, 4.69) is 0 Å². The lowest BCUT2D eigenvalue weighted by atomic mass is 9.99. The second-order valence-corrected chi connectivity index (χ2v) is 13.6. The smallest absolute Gasteiger partial charge is 0.186 e. The van der Waals surface area contributed by atoms with Crippen molar-refractivity contribution in [2.75, 3.05) is 13.2 Å². The Kier molecular flexibility index (Phi) is 26.7. The molecule has 1 fully saturated rings. The molecule has 268 valence electrons. The highest BCUT2D eigenvalue weighted by Gasteiger charge is 2.43. The van der Waals surface area contributed by atoms with Crippen molar-refractivity contribution in [3.8, 4) is 0 Å². The fourth-order valence-corrected chi connectivity index (χ4v) is 6.16. The molecule has 45 heavy (non-hydrogen) atoms. The van der Waals surface area contributed by atoms with Crippen LogP contribution in [-0.4, -0.2) is 92.5 Å². The van der Waals surface area contributed by atoms with Crippen molar-refractivity contribution in [3.05, 3.63) is 0 Å². The molecular weight excluding hydrogens is 576 g/mol. The third-order valence-corrected chi connectivity index (χ3v) is 9.10. The highest BCUT2D eigenvalue weighted by molar-refractivity contribution is 5.78. The van der Waals surface area contributed by atoms with Crippen molar-refractivity contribution in [2.24, 2.45) is 0 Å². The van der Waals surface area contributed by atoms with Crippen LogP contribution in [-0.2, 0) is 14.3 Å². The minimum atomic E-state index is -1.45. The van der Waals surface area contributed by atoms with Gasteiger partial charge in [0, 0.05) is 12.8 Å². The topological polar surface area (TPSA) is 157 Å². The van der Waals surface area contributed by atoms with Gasteiger partial charge in [0.15, 0.2) is 6.29 Å². The summed E-state index contributed by atoms with van der Waals surface area (Å²) in [6.45, 7) is 1.35. The van der Waals surface area contributed by atoms with Crippen LogP contribution in [0.2, 0.25) is 0 Å². The van der Waals surface area contributed by atoms with Crippen LogP contribution in [0.3, 0.4) is 0 Å². The van der Waals surface area contributed by atoms with Crippen LogP contribution in [0.4, 0.5) is 0 Å². The number of ketones is 1. The number of carbonyl (C=O) groups is 1. The fraction of sp³-hybridized carbons (Fsp3) is 0.972. The molecule has 1 saturated heterocycles. The number of hydrogen-bond acceptors (Lipinski definition) is 9. The average Bonchev–Trinajstić information content (AvgIpc) is 3.01. The summed E-state index contributed by atoms with van der Waals surface area (Å²) in [7, 11) is 0. The van der Waals surface area contributed by atoms with Gasteiger partial charge in [-0.3, -0.25) is 4.79 Å². The Hall–Kier alpha value is -0.650. The summed E-state index contributed by atoms with van der Waals surface area (Å²) < 4.78 is 10.8. The molecule has 9 heteroatoms. The molecule has 0 saturated carbocycles. The van der Waals surface area contributed by atoms with Gasteiger partial charge < -0.3 is 40.1 Å². The van der Waals surface area contributed by atoms with E-state index in [9.17, 15) is 35.4 Å². The number of Topliss-reactive ketones (excluding diaryl/α,β-unsaturated/α-hetero) is 1. The molecule has 0 amide bonds. The monoisotopic (exact) mass is 647 g/mol. The first-order chi connectivity index (χ1) is 21.8. The first-order valence-corrected chi connectivity index (χ1v) is 18.6. The van der Waals surface area contributed by atoms with Gasteiger partial charge in [0.05, 0.1) is 25.4 Å². The zero-order valence-corrected chi connectivity index (χ0v) is 28.5. The SMILES string of the molecule is C[C@@H](O)CC(=O)CCCCCCCCCCCCCCCCCCCCCCC[C@@H](O)CCO[C@H]1OC(CO)[C@@H](O)C(O)[C@@H]1O. The Bertz CT molecular complexity index is 675. The van der Waals surface area contributed by atoms with Gasteiger partial charge in [-0.2, -0.15) is 0 Å². The predicted octanol–water partition coefficient (Wildman–Crippen LogP) is 5.87. The van der Waals surface area contributed by atoms with Gasteiger partial charge in [0.2, 0.25) is 0 Å². The van der Waals surface area contributed by atoms with E-state index in [1.807, 2.05) is 0 Å². The summed E-state index contributed by atoms with van der Waals surface area (Å²) in [5.41, 5.74) is 0. The van der Waals surface area contributed by atoms with E-state index in [1.54, 1.807) is 6.92 Å². The summed E-state index contributed by atoms with van der Waals surface area (Å²) in [5.74, 6) is 0.197. The first-order valence-electron chi connectivity index (χ1n) is 18.6. The number of aliphatic hydroxyl groups excluding tert-OH is 6. The van der Waals surface area contributed by atoms with E-state index in [-0.39, 0.29) is 12.4 Å². The second kappa shape index (κ2) is 28.4. The standard InChI is InChI=1S/C36H70O9/c1-29(38)27-31(40)24-22-20-18-16-14-12-10-8-6-4-2-3-5-7-9-11-13-15-17-19-21-23-30(39)25-26-44-36-35(43)34(42)33(41)32(28-37)45-36/h29-30,32-39,41-43H,2-28H2,1H3/t29-,30-,32?,33-,34?,35+,36+/m1/s1. The molecule has 0 aliphatic carbocycles. The maximum atomic E-state index is 11.6. The van der Waals surface area contributed by atoms with E-state index in [0.717, 1.165) is 25.7 Å². The van der Waals surface area contributed by atoms with Gasteiger partial charge >= 0.3 is 0 Å². The van der Waals surface area contributed by atoms with Crippen molar-refractivity contribution in [1.82, 2.24) is 0 Å². The molecule has 0 aromatic rings. The number of hydrogen-bond donors (Lipinski definition) is 6. The normalized spacial score (nSPS) is 23.3. The van der Waals surface area contributed by atoms with Gasteiger partial charge in [-0.25, -0.2) is 0 Å². The Morgan fingerprint density at radius 2 is 1.04 bits per heavy atom. The molecule has 2 unspecified atom stereocenters. The number of rotatable bonds is 31. The molecule has 0 aromatic heterocycles. The second-order valence-electron chi connectivity index (χ2n) is 13.6. The lowest BCUT2D eigenvalue weighted by Crippen LogP contribution is -2.59. The number of aliphatic hydroxyl groups is 6. The molecule has 0 radical (unpaired) electrons. The quantitative estimate of drug-likeness (QED) is 0.0507. The van der Waals surface area contributed by atoms with E-state index in [1.165, 1.54) is 109 Å². The summed E-state index contributed by atoms with van der Waals surface area (Å²) in [6.07, 6.45) is 21.4. The first kappa shape index (κ1) is 42.4. The highest BCUT2D eigenvalue weighted by atomic mass is 16.7. The predicted molar refractivity (Wildman–Crippen MR) is 178 cm³/mol. The van der Waals surface area contributed by atoms with Crippen molar-refractivity contribution >= 4 is 5.78 Å². The highest BCUT2D eigenvalue weighted by Crippen LogP contribution is 2.22. The van der Waals surface area contributed by atoms with Crippen LogP contribution in [0.1, 0.15) is 167 Å². The van der Waals surface area contributed by atoms with E-state index < -0.39 is 49.5 Å². The van der Waals surface area contributed by atoms with Crippen LogP contribution in [0, 0.1) is 0 Å². The molecule has 0 bridgehead atoms. The molecule has 0 aromatic carbocycles. The van der Waals surface area contributed by atoms with Crippen molar-refractivity contribution < 1.29 is 44.9 Å². The Morgan fingerprint density at radius 3 is 1.47 bits per heavy atom. The fourth-order valence-electron chi connectivity index (χ4n) is 6.16. The number of carbonyl (C=O) groups excluding carboxylic acids is 1. The lowest BCUT2D eigenvalue weighted by Gasteiger charge is -2.39. The Balaban J connectivity index is 1.77. The molecule has 1 rings (SSSR count). The molecule has 0 spiro atoms. The van der Waals surface area contributed by atoms with Crippen LogP contribution in [0.5, 0.6) is 0 Å². The minimum absolute atomic E-state index is 0.158. The molecular formula is C36H70O9. The molecule has 6 N–H and O–H groups in total. The zero-order valence-electron chi connectivity index (χ0n) is 28.5. The van der Waals surface area contributed by atoms with Crippen molar-refractivity contribution in [2.45, 2.75) is 210 Å². The largest absolute Gasteiger partial charge is 0.394 e. The zero-order chi connectivity index (χ0) is 33.1. The van der Waals surface area contributed by atoms with Crippen LogP contribution in [0.15, 0.2) is 0 Å². The van der Waals surface area contributed by atoms with E-state index >= 15 is 0 Å². The number of unbranched alkanes of at least 4 members (excludes halogenated alkanes) is 20. The molecule has 7 atom stereocenters. The average molecular weight is 647 g/mol. The molecule has 1 heterocycles. The van der Waals surface area contributed by atoms with Crippen LogP contribution in [0.25, 0.3) is 0 Å². The van der Waals surface area contributed by atoms with Gasteiger partial charge in [0.1, 0.15) is 30.2 Å². The van der Waals surface area contributed by atoms with E-state index in [4.69, 9.17) is 9.47 Å². The molecule has 9 nitrogen and oxygen atoms in total. The lowest BCUT2D eigenvalue weighted by molar-refractivity contribution is -0.301. The number of ether oxygens (including phenoxy) is 2.